The SMILES string of the molecule is CN(Cc1cc(=O)n2ccsc2n1)Cc1nc2ccccc2n1C. The van der Waals surface area contributed by atoms with Gasteiger partial charge in [0.2, 0.25) is 0 Å². The second-order valence-corrected chi connectivity index (χ2v) is 6.76. The first-order valence-corrected chi connectivity index (χ1v) is 8.54. The smallest absolute Gasteiger partial charge is 0.258 e. The molecular formula is C17H17N5OS. The fraction of sp³-hybridized carbons (Fsp3) is 0.235. The molecule has 6 nitrogen and oxygen atoms in total. The molecule has 0 fully saturated rings. The summed E-state index contributed by atoms with van der Waals surface area (Å²) in [7, 11) is 4.04. The number of aromatic nitrogens is 4. The van der Waals surface area contributed by atoms with E-state index in [9.17, 15) is 4.79 Å². The molecule has 0 aliphatic heterocycles. The zero-order valence-corrected chi connectivity index (χ0v) is 14.3. The van der Waals surface area contributed by atoms with Crippen molar-refractivity contribution in [1.29, 1.82) is 0 Å². The average molecular weight is 339 g/mol. The molecule has 0 saturated heterocycles. The minimum absolute atomic E-state index is 0.0348. The highest BCUT2D eigenvalue weighted by Crippen LogP contribution is 2.16. The van der Waals surface area contributed by atoms with Crippen LogP contribution >= 0.6 is 11.3 Å². The number of para-hydroxylation sites is 2. The molecule has 122 valence electrons. The van der Waals surface area contributed by atoms with Crippen LogP contribution in [0.1, 0.15) is 11.5 Å². The summed E-state index contributed by atoms with van der Waals surface area (Å²) >= 11 is 1.47. The zero-order valence-electron chi connectivity index (χ0n) is 13.5. The maximum absolute atomic E-state index is 12.1. The predicted molar refractivity (Wildman–Crippen MR) is 95.2 cm³/mol. The number of thiazole rings is 1. The minimum atomic E-state index is -0.0348. The van der Waals surface area contributed by atoms with Crippen LogP contribution in [-0.2, 0) is 20.1 Å². The second kappa shape index (κ2) is 5.85. The summed E-state index contributed by atoms with van der Waals surface area (Å²) in [5, 5.41) is 1.87. The molecular weight excluding hydrogens is 322 g/mol. The molecule has 7 heteroatoms. The largest absolute Gasteiger partial charge is 0.330 e. The fourth-order valence-corrected chi connectivity index (χ4v) is 3.62. The maximum atomic E-state index is 12.1. The number of rotatable bonds is 4. The van der Waals surface area contributed by atoms with Crippen LogP contribution in [0.15, 0.2) is 46.7 Å². The van der Waals surface area contributed by atoms with E-state index >= 15 is 0 Å². The summed E-state index contributed by atoms with van der Waals surface area (Å²) in [4.78, 5) is 24.2. The summed E-state index contributed by atoms with van der Waals surface area (Å²) in [5.41, 5.74) is 2.87. The summed E-state index contributed by atoms with van der Waals surface area (Å²) in [6.45, 7) is 1.30. The Morgan fingerprint density at radius 3 is 2.88 bits per heavy atom. The molecule has 0 radical (unpaired) electrons. The van der Waals surface area contributed by atoms with Crippen LogP contribution in [0.4, 0.5) is 0 Å². The topological polar surface area (TPSA) is 55.4 Å². The van der Waals surface area contributed by atoms with E-state index in [4.69, 9.17) is 4.98 Å². The van der Waals surface area contributed by atoms with Gasteiger partial charge >= 0.3 is 0 Å². The summed E-state index contributed by atoms with van der Waals surface area (Å²) in [5.74, 6) is 0.993. The number of fused-ring (bicyclic) bond motifs is 2. The Bertz CT molecular complexity index is 1080. The van der Waals surface area contributed by atoms with Crippen molar-refractivity contribution in [3.63, 3.8) is 0 Å². The van der Waals surface area contributed by atoms with Crippen LogP contribution in [0.5, 0.6) is 0 Å². The minimum Gasteiger partial charge on any atom is -0.330 e. The number of hydrogen-bond donors (Lipinski definition) is 0. The molecule has 4 rings (SSSR count). The Balaban J connectivity index is 1.57. The Kier molecular flexibility index (Phi) is 3.66. The molecule has 0 saturated carbocycles. The van der Waals surface area contributed by atoms with E-state index in [1.165, 1.54) is 11.3 Å². The standard InChI is InChI=1S/C17H17N5OS/c1-20(10-12-9-16(23)22-7-8-24-17(22)18-12)11-15-19-13-5-3-4-6-14(13)21(15)2/h3-9H,10-11H2,1-2H3. The Morgan fingerprint density at radius 1 is 1.21 bits per heavy atom. The van der Waals surface area contributed by atoms with Crippen molar-refractivity contribution in [1.82, 2.24) is 23.8 Å². The number of benzene rings is 1. The van der Waals surface area contributed by atoms with Crippen LogP contribution in [-0.4, -0.2) is 30.9 Å². The van der Waals surface area contributed by atoms with E-state index in [0.29, 0.717) is 13.1 Å². The average Bonchev–Trinajstić information content (AvgIpc) is 3.13. The number of hydrogen-bond acceptors (Lipinski definition) is 5. The van der Waals surface area contributed by atoms with E-state index in [0.717, 1.165) is 27.5 Å². The van der Waals surface area contributed by atoms with Gasteiger partial charge in [0.15, 0.2) is 4.96 Å². The van der Waals surface area contributed by atoms with Crippen molar-refractivity contribution in [3.8, 4) is 0 Å². The fourth-order valence-electron chi connectivity index (χ4n) is 2.88. The van der Waals surface area contributed by atoms with E-state index in [1.807, 2.05) is 37.7 Å². The molecule has 24 heavy (non-hydrogen) atoms. The highest BCUT2D eigenvalue weighted by atomic mass is 32.1. The summed E-state index contributed by atoms with van der Waals surface area (Å²) < 4.78 is 3.68. The third-order valence-electron chi connectivity index (χ3n) is 4.08. The molecule has 0 unspecified atom stereocenters. The van der Waals surface area contributed by atoms with Gasteiger partial charge in [-0.3, -0.25) is 14.1 Å². The zero-order chi connectivity index (χ0) is 16.7. The first-order chi connectivity index (χ1) is 11.6. The van der Waals surface area contributed by atoms with Gasteiger partial charge in [-0.15, -0.1) is 11.3 Å². The van der Waals surface area contributed by atoms with Crippen LogP contribution in [0.3, 0.4) is 0 Å². The predicted octanol–water partition coefficient (Wildman–Crippen LogP) is 2.27. The quantitative estimate of drug-likeness (QED) is 0.572. The third-order valence-corrected chi connectivity index (χ3v) is 4.84. The van der Waals surface area contributed by atoms with Gasteiger partial charge in [-0.25, -0.2) is 9.97 Å². The molecule has 0 N–H and O–H groups in total. The Labute approximate surface area is 142 Å². The molecule has 1 aromatic carbocycles. The van der Waals surface area contributed by atoms with Crippen LogP contribution in [0.2, 0.25) is 0 Å². The normalized spacial score (nSPS) is 11.8. The molecule has 4 aromatic rings. The summed E-state index contributed by atoms with van der Waals surface area (Å²) in [6.07, 6.45) is 1.75. The maximum Gasteiger partial charge on any atom is 0.258 e. The van der Waals surface area contributed by atoms with Crippen molar-refractivity contribution in [2.75, 3.05) is 7.05 Å². The lowest BCUT2D eigenvalue weighted by Crippen LogP contribution is -2.22. The monoisotopic (exact) mass is 339 g/mol. The molecule has 0 atom stereocenters. The van der Waals surface area contributed by atoms with E-state index in [2.05, 4.69) is 20.5 Å². The highest BCUT2D eigenvalue weighted by Gasteiger charge is 2.11. The third kappa shape index (κ3) is 2.61. The summed E-state index contributed by atoms with van der Waals surface area (Å²) in [6, 6.07) is 9.71. The van der Waals surface area contributed by atoms with E-state index < -0.39 is 0 Å². The number of imidazole rings is 1. The molecule has 0 amide bonds. The van der Waals surface area contributed by atoms with Gasteiger partial charge < -0.3 is 4.57 Å². The van der Waals surface area contributed by atoms with Crippen molar-refractivity contribution < 1.29 is 0 Å². The van der Waals surface area contributed by atoms with Gasteiger partial charge in [-0.1, -0.05) is 12.1 Å². The van der Waals surface area contributed by atoms with Gasteiger partial charge in [0.05, 0.1) is 23.3 Å². The lowest BCUT2D eigenvalue weighted by atomic mass is 10.3. The molecule has 0 aliphatic rings. The highest BCUT2D eigenvalue weighted by molar-refractivity contribution is 7.15. The molecule has 0 bridgehead atoms. The molecule has 0 spiro atoms. The first kappa shape index (κ1) is 15.0. The Morgan fingerprint density at radius 2 is 2.04 bits per heavy atom. The lowest BCUT2D eigenvalue weighted by Gasteiger charge is -2.15. The van der Waals surface area contributed by atoms with Crippen molar-refractivity contribution in [2.24, 2.45) is 7.05 Å². The van der Waals surface area contributed by atoms with Crippen LogP contribution in [0, 0.1) is 0 Å². The van der Waals surface area contributed by atoms with E-state index in [-0.39, 0.29) is 5.56 Å². The Hall–Kier alpha value is -2.51. The van der Waals surface area contributed by atoms with Crippen molar-refractivity contribution in [2.45, 2.75) is 13.1 Å². The first-order valence-electron chi connectivity index (χ1n) is 7.66. The molecule has 3 aromatic heterocycles. The van der Waals surface area contributed by atoms with Gasteiger partial charge in [-0.05, 0) is 19.2 Å². The van der Waals surface area contributed by atoms with Gasteiger partial charge in [0.25, 0.3) is 5.56 Å². The van der Waals surface area contributed by atoms with E-state index in [1.54, 1.807) is 16.7 Å². The number of aryl methyl sites for hydroxylation is 1. The molecule has 0 aliphatic carbocycles. The van der Waals surface area contributed by atoms with Gasteiger partial charge in [0, 0.05) is 31.2 Å². The van der Waals surface area contributed by atoms with Gasteiger partial charge in [0.1, 0.15) is 5.82 Å². The van der Waals surface area contributed by atoms with Gasteiger partial charge in [-0.2, -0.15) is 0 Å². The second-order valence-electron chi connectivity index (χ2n) is 5.89. The van der Waals surface area contributed by atoms with Crippen LogP contribution in [0.25, 0.3) is 16.0 Å². The van der Waals surface area contributed by atoms with Crippen LogP contribution < -0.4 is 5.56 Å². The lowest BCUT2D eigenvalue weighted by molar-refractivity contribution is 0.304. The van der Waals surface area contributed by atoms with Crippen molar-refractivity contribution in [3.05, 3.63) is 63.8 Å². The number of nitrogens with zero attached hydrogens (tertiary/aromatic N) is 5. The molecule has 3 heterocycles. The van der Waals surface area contributed by atoms with Crippen molar-refractivity contribution >= 4 is 27.3 Å².